The van der Waals surface area contributed by atoms with Gasteiger partial charge in [-0.2, -0.15) is 0 Å². The Morgan fingerprint density at radius 1 is 1.11 bits per heavy atom. The van der Waals surface area contributed by atoms with Crippen LogP contribution in [0, 0.1) is 0 Å². The molecule has 18 heavy (non-hydrogen) atoms. The number of aryl methyl sites for hydroxylation is 1. The molecule has 5 heteroatoms. The van der Waals surface area contributed by atoms with Gasteiger partial charge >= 0.3 is 0 Å². The quantitative estimate of drug-likeness (QED) is 0.763. The van der Waals surface area contributed by atoms with Crippen molar-refractivity contribution in [3.63, 3.8) is 0 Å². The largest absolute Gasteiger partial charge is 0.338 e. The zero-order valence-electron chi connectivity index (χ0n) is 10.0. The first-order chi connectivity index (χ1) is 8.88. The molecule has 0 spiro atoms. The van der Waals surface area contributed by atoms with Gasteiger partial charge in [0.2, 0.25) is 0 Å². The van der Waals surface area contributed by atoms with Gasteiger partial charge in [-0.25, -0.2) is 15.0 Å². The molecule has 0 bridgehead atoms. The van der Waals surface area contributed by atoms with Crippen LogP contribution in [0.25, 0.3) is 11.2 Å². The number of nitrogens with one attached hydrogen (secondary N) is 1. The maximum absolute atomic E-state index is 4.36. The Morgan fingerprint density at radius 3 is 2.72 bits per heavy atom. The van der Waals surface area contributed by atoms with Crippen LogP contribution in [0.3, 0.4) is 0 Å². The zero-order valence-corrected chi connectivity index (χ0v) is 10.0. The fourth-order valence-electron chi connectivity index (χ4n) is 1.86. The smallest absolute Gasteiger partial charge is 0.165 e. The second-order valence-electron chi connectivity index (χ2n) is 3.92. The Kier molecular flexibility index (Phi) is 2.64. The van der Waals surface area contributed by atoms with Crippen molar-refractivity contribution in [1.29, 1.82) is 0 Å². The number of hydrogen-bond acceptors (Lipinski definition) is 4. The van der Waals surface area contributed by atoms with E-state index < -0.39 is 0 Å². The van der Waals surface area contributed by atoms with Crippen molar-refractivity contribution in [1.82, 2.24) is 19.5 Å². The van der Waals surface area contributed by atoms with Crippen LogP contribution in [-0.2, 0) is 6.54 Å². The topological polar surface area (TPSA) is 55.6 Å². The minimum atomic E-state index is 0.735. The average molecular weight is 239 g/mol. The van der Waals surface area contributed by atoms with Crippen LogP contribution >= 0.6 is 0 Å². The van der Waals surface area contributed by atoms with E-state index in [2.05, 4.69) is 27.2 Å². The molecule has 0 aliphatic heterocycles. The SMILES string of the molecule is CCn1cnc2c(Nc3ccccc3)ncnc21. The molecule has 0 aliphatic carbocycles. The number of anilines is 2. The van der Waals surface area contributed by atoms with Gasteiger partial charge in [-0.1, -0.05) is 18.2 Å². The van der Waals surface area contributed by atoms with Crippen molar-refractivity contribution >= 4 is 22.7 Å². The number of imidazole rings is 1. The van der Waals surface area contributed by atoms with Crippen LogP contribution in [0.2, 0.25) is 0 Å². The van der Waals surface area contributed by atoms with Crippen molar-refractivity contribution in [2.75, 3.05) is 5.32 Å². The van der Waals surface area contributed by atoms with E-state index in [1.54, 1.807) is 12.7 Å². The van der Waals surface area contributed by atoms with E-state index in [9.17, 15) is 0 Å². The lowest BCUT2D eigenvalue weighted by Crippen LogP contribution is -1.98. The molecule has 3 aromatic rings. The van der Waals surface area contributed by atoms with Gasteiger partial charge in [0.15, 0.2) is 17.0 Å². The second kappa shape index (κ2) is 4.44. The number of hydrogen-bond donors (Lipinski definition) is 1. The lowest BCUT2D eigenvalue weighted by molar-refractivity contribution is 0.777. The van der Waals surface area contributed by atoms with Crippen LogP contribution in [0.5, 0.6) is 0 Å². The lowest BCUT2D eigenvalue weighted by atomic mass is 10.3. The molecular formula is C13H13N5. The third kappa shape index (κ3) is 1.79. The van der Waals surface area contributed by atoms with E-state index >= 15 is 0 Å². The first-order valence-corrected chi connectivity index (χ1v) is 5.86. The third-order valence-corrected chi connectivity index (χ3v) is 2.78. The normalized spacial score (nSPS) is 10.7. The van der Waals surface area contributed by atoms with Crippen molar-refractivity contribution < 1.29 is 0 Å². The molecule has 0 aliphatic rings. The van der Waals surface area contributed by atoms with Crippen molar-refractivity contribution in [3.8, 4) is 0 Å². The predicted molar refractivity (Wildman–Crippen MR) is 70.7 cm³/mol. The number of para-hydroxylation sites is 1. The van der Waals surface area contributed by atoms with Gasteiger partial charge in [-0.15, -0.1) is 0 Å². The molecule has 2 aromatic heterocycles. The molecule has 0 amide bonds. The number of benzene rings is 1. The van der Waals surface area contributed by atoms with Crippen LogP contribution in [0.15, 0.2) is 43.0 Å². The van der Waals surface area contributed by atoms with E-state index in [-0.39, 0.29) is 0 Å². The van der Waals surface area contributed by atoms with E-state index in [1.165, 1.54) is 0 Å². The molecule has 1 aromatic carbocycles. The fraction of sp³-hybridized carbons (Fsp3) is 0.154. The molecule has 3 rings (SSSR count). The Bertz CT molecular complexity index is 659. The molecule has 0 fully saturated rings. The van der Waals surface area contributed by atoms with Crippen molar-refractivity contribution in [2.24, 2.45) is 0 Å². The summed E-state index contributed by atoms with van der Waals surface area (Å²) in [6.07, 6.45) is 3.34. The molecule has 0 radical (unpaired) electrons. The van der Waals surface area contributed by atoms with Crippen LogP contribution < -0.4 is 5.32 Å². The Morgan fingerprint density at radius 2 is 1.94 bits per heavy atom. The molecule has 0 saturated carbocycles. The van der Waals surface area contributed by atoms with Gasteiger partial charge in [0.05, 0.1) is 6.33 Å². The molecule has 0 atom stereocenters. The number of rotatable bonds is 3. The molecular weight excluding hydrogens is 226 g/mol. The summed E-state index contributed by atoms with van der Waals surface area (Å²) in [4.78, 5) is 12.9. The van der Waals surface area contributed by atoms with Gasteiger partial charge in [0.1, 0.15) is 6.33 Å². The summed E-state index contributed by atoms with van der Waals surface area (Å²) in [6, 6.07) is 9.92. The Balaban J connectivity index is 2.05. The maximum atomic E-state index is 4.36. The van der Waals surface area contributed by atoms with E-state index in [0.29, 0.717) is 0 Å². The molecule has 1 N–H and O–H groups in total. The molecule has 90 valence electrons. The minimum Gasteiger partial charge on any atom is -0.338 e. The highest BCUT2D eigenvalue weighted by Gasteiger charge is 2.08. The average Bonchev–Trinajstić information content (AvgIpc) is 2.84. The van der Waals surface area contributed by atoms with E-state index in [1.807, 2.05) is 34.9 Å². The lowest BCUT2D eigenvalue weighted by Gasteiger charge is -2.05. The van der Waals surface area contributed by atoms with Gasteiger partial charge < -0.3 is 9.88 Å². The molecule has 5 nitrogen and oxygen atoms in total. The zero-order chi connectivity index (χ0) is 12.4. The summed E-state index contributed by atoms with van der Waals surface area (Å²) in [7, 11) is 0. The van der Waals surface area contributed by atoms with Crippen molar-refractivity contribution in [2.45, 2.75) is 13.5 Å². The standard InChI is InChI=1S/C13H13N5/c1-2-18-9-16-11-12(14-8-15-13(11)18)17-10-6-4-3-5-7-10/h3-9H,2H2,1H3,(H,14,15,17). The number of nitrogens with zero attached hydrogens (tertiary/aromatic N) is 4. The Labute approximate surface area is 105 Å². The van der Waals surface area contributed by atoms with Gasteiger partial charge in [-0.05, 0) is 19.1 Å². The van der Waals surface area contributed by atoms with E-state index in [4.69, 9.17) is 0 Å². The number of fused-ring (bicyclic) bond motifs is 1. The highest BCUT2D eigenvalue weighted by molar-refractivity contribution is 5.84. The predicted octanol–water partition coefficient (Wildman–Crippen LogP) is 2.59. The van der Waals surface area contributed by atoms with E-state index in [0.717, 1.165) is 29.2 Å². The monoisotopic (exact) mass is 239 g/mol. The van der Waals surface area contributed by atoms with Crippen LogP contribution in [0.4, 0.5) is 11.5 Å². The molecule has 0 saturated heterocycles. The van der Waals surface area contributed by atoms with Crippen LogP contribution in [-0.4, -0.2) is 19.5 Å². The summed E-state index contributed by atoms with van der Waals surface area (Å²) in [5.74, 6) is 0.735. The summed E-state index contributed by atoms with van der Waals surface area (Å²) >= 11 is 0. The van der Waals surface area contributed by atoms with Gasteiger partial charge in [-0.3, -0.25) is 0 Å². The summed E-state index contributed by atoms with van der Waals surface area (Å²) in [5.41, 5.74) is 2.64. The summed E-state index contributed by atoms with van der Waals surface area (Å²) in [5, 5.41) is 3.26. The third-order valence-electron chi connectivity index (χ3n) is 2.78. The second-order valence-corrected chi connectivity index (χ2v) is 3.92. The van der Waals surface area contributed by atoms with Gasteiger partial charge in [0.25, 0.3) is 0 Å². The molecule has 0 unspecified atom stereocenters. The highest BCUT2D eigenvalue weighted by atomic mass is 15.1. The summed E-state index contributed by atoms with van der Waals surface area (Å²) < 4.78 is 1.99. The molecule has 2 heterocycles. The van der Waals surface area contributed by atoms with Crippen molar-refractivity contribution in [3.05, 3.63) is 43.0 Å². The van der Waals surface area contributed by atoms with Crippen LogP contribution in [0.1, 0.15) is 6.92 Å². The first kappa shape index (κ1) is 10.7. The first-order valence-electron chi connectivity index (χ1n) is 5.86. The fourth-order valence-corrected chi connectivity index (χ4v) is 1.86. The van der Waals surface area contributed by atoms with Gasteiger partial charge in [0, 0.05) is 12.2 Å². The minimum absolute atomic E-state index is 0.735. The number of aromatic nitrogens is 4. The maximum Gasteiger partial charge on any atom is 0.165 e. The highest BCUT2D eigenvalue weighted by Crippen LogP contribution is 2.21. The Hall–Kier alpha value is -2.43. The summed E-state index contributed by atoms with van der Waals surface area (Å²) in [6.45, 7) is 2.91.